The van der Waals surface area contributed by atoms with Crippen molar-refractivity contribution in [3.05, 3.63) is 83.9 Å². The lowest BCUT2D eigenvalue weighted by Crippen LogP contribution is -2.19. The first-order valence-corrected chi connectivity index (χ1v) is 10.2. The summed E-state index contributed by atoms with van der Waals surface area (Å²) in [5, 5.41) is 11.8. The Hall–Kier alpha value is -3.85. The van der Waals surface area contributed by atoms with Crippen LogP contribution in [0.4, 0.5) is 11.4 Å². The number of carbonyl (C=O) groups excluding carboxylic acids is 1. The molecule has 0 radical (unpaired) electrons. The van der Waals surface area contributed by atoms with E-state index in [1.54, 1.807) is 36.4 Å². The van der Waals surface area contributed by atoms with Gasteiger partial charge in [0.25, 0.3) is 15.9 Å². The molecule has 0 spiro atoms. The SMILES string of the molecule is COc1ccc(NC(=O)c2ccccc2NS(=O)(=O)c2cccc(C(=O)O)c2)cc1. The average Bonchev–Trinajstić information content (AvgIpc) is 2.74. The van der Waals surface area contributed by atoms with Crippen molar-refractivity contribution in [2.75, 3.05) is 17.1 Å². The summed E-state index contributed by atoms with van der Waals surface area (Å²) in [5.74, 6) is -1.13. The summed E-state index contributed by atoms with van der Waals surface area (Å²) in [6, 6.07) is 17.7. The number of anilines is 2. The van der Waals surface area contributed by atoms with Gasteiger partial charge in [-0.1, -0.05) is 18.2 Å². The topological polar surface area (TPSA) is 122 Å². The third kappa shape index (κ3) is 4.76. The van der Waals surface area contributed by atoms with Crippen LogP contribution >= 0.6 is 0 Å². The highest BCUT2D eigenvalue weighted by atomic mass is 32.2. The predicted octanol–water partition coefficient (Wildman–Crippen LogP) is 3.45. The predicted molar refractivity (Wildman–Crippen MR) is 112 cm³/mol. The van der Waals surface area contributed by atoms with Crippen molar-refractivity contribution in [3.63, 3.8) is 0 Å². The van der Waals surface area contributed by atoms with Gasteiger partial charge in [0.15, 0.2) is 0 Å². The maximum absolute atomic E-state index is 12.7. The summed E-state index contributed by atoms with van der Waals surface area (Å²) in [6.07, 6.45) is 0. The number of hydrogen-bond donors (Lipinski definition) is 3. The third-order valence-electron chi connectivity index (χ3n) is 4.16. The first-order chi connectivity index (χ1) is 14.3. The van der Waals surface area contributed by atoms with Crippen molar-refractivity contribution >= 4 is 33.3 Å². The molecule has 0 heterocycles. The molecule has 0 unspecified atom stereocenters. The standard InChI is InChI=1S/C21H18N2O6S/c1-29-16-11-9-15(10-12-16)22-20(24)18-7-2-3-8-19(18)23-30(27,28)17-6-4-5-14(13-17)21(25)26/h2-13,23H,1H3,(H,22,24)(H,25,26). The van der Waals surface area contributed by atoms with Crippen LogP contribution in [0.25, 0.3) is 0 Å². The number of amides is 1. The van der Waals surface area contributed by atoms with E-state index in [9.17, 15) is 18.0 Å². The number of methoxy groups -OCH3 is 1. The highest BCUT2D eigenvalue weighted by molar-refractivity contribution is 7.92. The highest BCUT2D eigenvalue weighted by Crippen LogP contribution is 2.23. The van der Waals surface area contributed by atoms with E-state index in [0.717, 1.165) is 6.07 Å². The lowest BCUT2D eigenvalue weighted by Gasteiger charge is -2.13. The summed E-state index contributed by atoms with van der Waals surface area (Å²) in [5.41, 5.74) is 0.506. The lowest BCUT2D eigenvalue weighted by molar-refractivity contribution is 0.0696. The zero-order valence-electron chi connectivity index (χ0n) is 15.8. The van der Waals surface area contributed by atoms with E-state index in [1.165, 1.54) is 37.4 Å². The molecule has 3 aromatic rings. The summed E-state index contributed by atoms with van der Waals surface area (Å²) in [6.45, 7) is 0. The van der Waals surface area contributed by atoms with Crippen LogP contribution in [0.3, 0.4) is 0 Å². The number of carboxylic acids is 1. The van der Waals surface area contributed by atoms with E-state index in [2.05, 4.69) is 10.0 Å². The second-order valence-corrected chi connectivity index (χ2v) is 7.85. The van der Waals surface area contributed by atoms with E-state index in [0.29, 0.717) is 11.4 Å². The molecule has 0 saturated carbocycles. The van der Waals surface area contributed by atoms with Crippen LogP contribution in [0, 0.1) is 0 Å². The van der Waals surface area contributed by atoms with Crippen LogP contribution < -0.4 is 14.8 Å². The maximum Gasteiger partial charge on any atom is 0.335 e. The molecule has 3 rings (SSSR count). The van der Waals surface area contributed by atoms with Gasteiger partial charge in [0.05, 0.1) is 28.8 Å². The first kappa shape index (κ1) is 20.9. The number of aromatic carboxylic acids is 1. The number of rotatable bonds is 7. The smallest absolute Gasteiger partial charge is 0.335 e. The Bertz CT molecular complexity index is 1190. The van der Waals surface area contributed by atoms with Gasteiger partial charge in [-0.3, -0.25) is 9.52 Å². The van der Waals surface area contributed by atoms with E-state index in [-0.39, 0.29) is 21.7 Å². The van der Waals surface area contributed by atoms with Crippen LogP contribution in [-0.2, 0) is 10.0 Å². The van der Waals surface area contributed by atoms with E-state index < -0.39 is 21.9 Å². The van der Waals surface area contributed by atoms with Gasteiger partial charge in [-0.25, -0.2) is 13.2 Å². The highest BCUT2D eigenvalue weighted by Gasteiger charge is 2.20. The minimum absolute atomic E-state index is 0.0595. The van der Waals surface area contributed by atoms with Gasteiger partial charge in [-0.15, -0.1) is 0 Å². The minimum Gasteiger partial charge on any atom is -0.497 e. The van der Waals surface area contributed by atoms with Gasteiger partial charge in [0, 0.05) is 5.69 Å². The molecule has 0 fully saturated rings. The monoisotopic (exact) mass is 426 g/mol. The van der Waals surface area contributed by atoms with Crippen molar-refractivity contribution in [3.8, 4) is 5.75 Å². The Morgan fingerprint density at radius 1 is 0.933 bits per heavy atom. The summed E-state index contributed by atoms with van der Waals surface area (Å²) < 4.78 is 32.9. The quantitative estimate of drug-likeness (QED) is 0.532. The van der Waals surface area contributed by atoms with Gasteiger partial charge < -0.3 is 15.2 Å². The molecule has 9 heteroatoms. The van der Waals surface area contributed by atoms with Gasteiger partial charge in [-0.05, 0) is 54.6 Å². The number of carbonyl (C=O) groups is 2. The second-order valence-electron chi connectivity index (χ2n) is 6.17. The summed E-state index contributed by atoms with van der Waals surface area (Å²) >= 11 is 0. The normalized spacial score (nSPS) is 10.8. The largest absolute Gasteiger partial charge is 0.497 e. The van der Waals surface area contributed by atoms with E-state index in [4.69, 9.17) is 9.84 Å². The molecule has 0 aliphatic rings. The van der Waals surface area contributed by atoms with Crippen LogP contribution in [0.15, 0.2) is 77.7 Å². The molecule has 1 amide bonds. The Morgan fingerprint density at radius 2 is 1.63 bits per heavy atom. The zero-order valence-corrected chi connectivity index (χ0v) is 16.6. The molecule has 154 valence electrons. The van der Waals surface area contributed by atoms with Crippen LogP contribution in [0.5, 0.6) is 5.75 Å². The Labute approximate surface area is 173 Å². The van der Waals surface area contributed by atoms with Gasteiger partial charge >= 0.3 is 5.97 Å². The molecule has 0 atom stereocenters. The molecule has 3 aromatic carbocycles. The van der Waals surface area contributed by atoms with Crippen LogP contribution in [-0.4, -0.2) is 32.5 Å². The van der Waals surface area contributed by atoms with Crippen molar-refractivity contribution in [1.29, 1.82) is 0 Å². The molecular weight excluding hydrogens is 408 g/mol. The zero-order chi connectivity index (χ0) is 21.7. The number of nitrogens with one attached hydrogen (secondary N) is 2. The van der Waals surface area contributed by atoms with E-state index >= 15 is 0 Å². The fraction of sp³-hybridized carbons (Fsp3) is 0.0476. The third-order valence-corrected chi connectivity index (χ3v) is 5.52. The molecule has 30 heavy (non-hydrogen) atoms. The summed E-state index contributed by atoms with van der Waals surface area (Å²) in [4.78, 5) is 23.6. The lowest BCUT2D eigenvalue weighted by atomic mass is 10.1. The second kappa shape index (κ2) is 8.66. The molecule has 0 bridgehead atoms. The molecule has 3 N–H and O–H groups in total. The number of sulfonamides is 1. The fourth-order valence-corrected chi connectivity index (χ4v) is 3.77. The number of ether oxygens (including phenoxy) is 1. The first-order valence-electron chi connectivity index (χ1n) is 8.71. The van der Waals surface area contributed by atoms with Crippen LogP contribution in [0.1, 0.15) is 20.7 Å². The van der Waals surface area contributed by atoms with E-state index in [1.807, 2.05) is 0 Å². The summed E-state index contributed by atoms with van der Waals surface area (Å²) in [7, 11) is -2.59. The number of para-hydroxylation sites is 1. The Balaban J connectivity index is 1.86. The molecule has 0 saturated heterocycles. The maximum atomic E-state index is 12.7. The minimum atomic E-state index is -4.12. The van der Waals surface area contributed by atoms with Crippen LogP contribution in [0.2, 0.25) is 0 Å². The van der Waals surface area contributed by atoms with Gasteiger partial charge in [0.2, 0.25) is 0 Å². The molecule has 0 aromatic heterocycles. The number of carboxylic acid groups (broad SMARTS) is 1. The van der Waals surface area contributed by atoms with Crippen molar-refractivity contribution in [2.45, 2.75) is 4.90 Å². The number of hydrogen-bond acceptors (Lipinski definition) is 5. The molecule has 0 aliphatic heterocycles. The average molecular weight is 426 g/mol. The number of benzene rings is 3. The van der Waals surface area contributed by atoms with Crippen molar-refractivity contribution < 1.29 is 27.9 Å². The Morgan fingerprint density at radius 3 is 2.30 bits per heavy atom. The fourth-order valence-electron chi connectivity index (χ4n) is 2.64. The van der Waals surface area contributed by atoms with Gasteiger partial charge in [-0.2, -0.15) is 0 Å². The van der Waals surface area contributed by atoms with Gasteiger partial charge in [0.1, 0.15) is 5.75 Å². The molecule has 0 aliphatic carbocycles. The van der Waals surface area contributed by atoms with Crippen molar-refractivity contribution in [1.82, 2.24) is 0 Å². The molecular formula is C21H18N2O6S. The Kier molecular flexibility index (Phi) is 6.03. The molecule has 8 nitrogen and oxygen atoms in total. The van der Waals surface area contributed by atoms with Crippen molar-refractivity contribution in [2.24, 2.45) is 0 Å².